The Morgan fingerprint density at radius 2 is 2.15 bits per heavy atom. The predicted molar refractivity (Wildman–Crippen MR) is 102 cm³/mol. The molecule has 0 aliphatic carbocycles. The van der Waals surface area contributed by atoms with Crippen molar-refractivity contribution in [2.24, 2.45) is 5.41 Å². The number of hydrogen-bond donors (Lipinski definition) is 0. The lowest BCUT2D eigenvalue weighted by Gasteiger charge is -2.54. The number of hydrogen-bond acceptors (Lipinski definition) is 6. The number of ether oxygens (including phenoxy) is 1. The Morgan fingerprint density at radius 1 is 1.30 bits per heavy atom. The van der Waals surface area contributed by atoms with Crippen molar-refractivity contribution in [1.29, 1.82) is 0 Å². The van der Waals surface area contributed by atoms with Crippen LogP contribution in [0, 0.1) is 12.3 Å². The lowest BCUT2D eigenvalue weighted by atomic mass is 9.72. The standard InChI is InChI=1S/C21H24N4O2/c1-14-7-8-15(10-17(14)26-4)20-23-18(27-24-20)12-25-13-21(2,3)19(25)16-6-5-9-22-11-16/h5-11,19H,12-13H2,1-4H3. The normalized spacial score (nSPS) is 18.9. The quantitative estimate of drug-likeness (QED) is 0.681. The van der Waals surface area contributed by atoms with Crippen LogP contribution in [0.4, 0.5) is 0 Å². The molecule has 6 nitrogen and oxygen atoms in total. The Balaban J connectivity index is 1.53. The Morgan fingerprint density at radius 3 is 2.85 bits per heavy atom. The summed E-state index contributed by atoms with van der Waals surface area (Å²) < 4.78 is 10.9. The number of aromatic nitrogens is 3. The first-order valence-corrected chi connectivity index (χ1v) is 9.09. The first-order valence-electron chi connectivity index (χ1n) is 9.09. The van der Waals surface area contributed by atoms with Crippen molar-refractivity contribution >= 4 is 0 Å². The molecular weight excluding hydrogens is 340 g/mol. The molecule has 1 aliphatic heterocycles. The van der Waals surface area contributed by atoms with E-state index in [1.54, 1.807) is 13.3 Å². The van der Waals surface area contributed by atoms with Gasteiger partial charge >= 0.3 is 0 Å². The molecule has 0 spiro atoms. The predicted octanol–water partition coefficient (Wildman–Crippen LogP) is 4.03. The topological polar surface area (TPSA) is 64.3 Å². The summed E-state index contributed by atoms with van der Waals surface area (Å²) in [6, 6.07) is 10.3. The van der Waals surface area contributed by atoms with E-state index in [0.29, 0.717) is 24.3 Å². The average Bonchev–Trinajstić information content (AvgIpc) is 3.10. The number of benzene rings is 1. The first kappa shape index (κ1) is 17.7. The summed E-state index contributed by atoms with van der Waals surface area (Å²) in [5.74, 6) is 2.02. The number of aryl methyl sites for hydroxylation is 1. The summed E-state index contributed by atoms with van der Waals surface area (Å²) in [5, 5.41) is 4.16. The van der Waals surface area contributed by atoms with Gasteiger partial charge in [0.25, 0.3) is 0 Å². The largest absolute Gasteiger partial charge is 0.496 e. The first-order chi connectivity index (χ1) is 13.0. The maximum Gasteiger partial charge on any atom is 0.241 e. The second kappa shape index (κ2) is 6.78. The molecule has 140 valence electrons. The molecule has 1 aliphatic rings. The highest BCUT2D eigenvalue weighted by Gasteiger charge is 2.46. The van der Waals surface area contributed by atoms with Gasteiger partial charge in [0.2, 0.25) is 11.7 Å². The second-order valence-electron chi connectivity index (χ2n) is 7.78. The fourth-order valence-electron chi connectivity index (χ4n) is 4.00. The number of rotatable bonds is 5. The van der Waals surface area contributed by atoms with Crippen molar-refractivity contribution in [2.45, 2.75) is 33.4 Å². The Kier molecular flexibility index (Phi) is 4.44. The molecule has 1 atom stereocenters. The van der Waals surface area contributed by atoms with E-state index in [2.05, 4.69) is 39.9 Å². The Hall–Kier alpha value is -2.73. The number of nitrogens with zero attached hydrogens (tertiary/aromatic N) is 4. The molecule has 0 amide bonds. The van der Waals surface area contributed by atoms with Gasteiger partial charge in [0.1, 0.15) is 5.75 Å². The number of pyridine rings is 1. The van der Waals surface area contributed by atoms with Crippen molar-refractivity contribution in [1.82, 2.24) is 20.0 Å². The maximum atomic E-state index is 5.52. The fraction of sp³-hybridized carbons (Fsp3) is 0.381. The lowest BCUT2D eigenvalue weighted by Crippen LogP contribution is -2.54. The van der Waals surface area contributed by atoms with Gasteiger partial charge in [-0.3, -0.25) is 9.88 Å². The monoisotopic (exact) mass is 364 g/mol. The zero-order chi connectivity index (χ0) is 19.0. The van der Waals surface area contributed by atoms with Crippen LogP contribution in [0.3, 0.4) is 0 Å². The molecule has 0 N–H and O–H groups in total. The van der Waals surface area contributed by atoms with Crippen molar-refractivity contribution < 1.29 is 9.26 Å². The average molecular weight is 364 g/mol. The van der Waals surface area contributed by atoms with Crippen LogP contribution in [0.5, 0.6) is 5.75 Å². The van der Waals surface area contributed by atoms with Crippen LogP contribution in [-0.4, -0.2) is 33.7 Å². The van der Waals surface area contributed by atoms with E-state index >= 15 is 0 Å². The van der Waals surface area contributed by atoms with Crippen LogP contribution in [0.1, 0.15) is 36.9 Å². The molecule has 0 radical (unpaired) electrons. The zero-order valence-corrected chi connectivity index (χ0v) is 16.1. The van der Waals surface area contributed by atoms with Gasteiger partial charge in [-0.1, -0.05) is 37.2 Å². The van der Waals surface area contributed by atoms with Gasteiger partial charge in [-0.15, -0.1) is 0 Å². The molecule has 0 bridgehead atoms. The summed E-state index contributed by atoms with van der Waals surface area (Å²) in [6.45, 7) is 8.16. The third-order valence-corrected chi connectivity index (χ3v) is 5.19. The fourth-order valence-corrected chi connectivity index (χ4v) is 4.00. The highest BCUT2D eigenvalue weighted by Crippen LogP contribution is 2.48. The summed E-state index contributed by atoms with van der Waals surface area (Å²) in [7, 11) is 1.66. The van der Waals surface area contributed by atoms with Crippen LogP contribution in [0.25, 0.3) is 11.4 Å². The van der Waals surface area contributed by atoms with Gasteiger partial charge < -0.3 is 9.26 Å². The smallest absolute Gasteiger partial charge is 0.241 e. The van der Waals surface area contributed by atoms with E-state index < -0.39 is 0 Å². The maximum absolute atomic E-state index is 5.52. The van der Waals surface area contributed by atoms with E-state index in [1.807, 2.05) is 37.4 Å². The molecule has 1 saturated heterocycles. The lowest BCUT2D eigenvalue weighted by molar-refractivity contribution is -0.0642. The highest BCUT2D eigenvalue weighted by atomic mass is 16.5. The van der Waals surface area contributed by atoms with E-state index in [-0.39, 0.29) is 5.41 Å². The third-order valence-electron chi connectivity index (χ3n) is 5.19. The minimum atomic E-state index is 0.191. The minimum absolute atomic E-state index is 0.191. The van der Waals surface area contributed by atoms with Crippen LogP contribution >= 0.6 is 0 Å². The third kappa shape index (κ3) is 3.32. The van der Waals surface area contributed by atoms with Crippen LogP contribution in [-0.2, 0) is 6.54 Å². The summed E-state index contributed by atoms with van der Waals surface area (Å²) in [5.41, 5.74) is 3.37. The van der Waals surface area contributed by atoms with Gasteiger partial charge in [0, 0.05) is 30.5 Å². The van der Waals surface area contributed by atoms with Crippen molar-refractivity contribution in [2.75, 3.05) is 13.7 Å². The van der Waals surface area contributed by atoms with Crippen LogP contribution in [0.15, 0.2) is 47.2 Å². The summed E-state index contributed by atoms with van der Waals surface area (Å²) >= 11 is 0. The number of methoxy groups -OCH3 is 1. The molecule has 0 saturated carbocycles. The number of likely N-dealkylation sites (tertiary alicyclic amines) is 1. The van der Waals surface area contributed by atoms with Crippen molar-refractivity contribution in [3.63, 3.8) is 0 Å². The van der Waals surface area contributed by atoms with Gasteiger partial charge in [0.15, 0.2) is 0 Å². The molecule has 2 aromatic heterocycles. The van der Waals surface area contributed by atoms with Crippen LogP contribution < -0.4 is 4.74 Å². The summed E-state index contributed by atoms with van der Waals surface area (Å²) in [6.07, 6.45) is 3.75. The second-order valence-corrected chi connectivity index (χ2v) is 7.78. The molecule has 27 heavy (non-hydrogen) atoms. The molecule has 3 heterocycles. The molecule has 1 fully saturated rings. The van der Waals surface area contributed by atoms with E-state index in [1.165, 1.54) is 5.56 Å². The summed E-state index contributed by atoms with van der Waals surface area (Å²) in [4.78, 5) is 11.2. The van der Waals surface area contributed by atoms with Gasteiger partial charge in [-0.25, -0.2) is 0 Å². The molecule has 3 aromatic rings. The van der Waals surface area contributed by atoms with E-state index in [4.69, 9.17) is 9.26 Å². The minimum Gasteiger partial charge on any atom is -0.496 e. The Labute approximate surface area is 159 Å². The molecule has 1 aromatic carbocycles. The van der Waals surface area contributed by atoms with Crippen molar-refractivity contribution in [3.05, 3.63) is 59.7 Å². The van der Waals surface area contributed by atoms with Crippen molar-refractivity contribution in [3.8, 4) is 17.1 Å². The Bertz CT molecular complexity index is 936. The van der Waals surface area contributed by atoms with Gasteiger partial charge in [0.05, 0.1) is 13.7 Å². The van der Waals surface area contributed by atoms with Gasteiger partial charge in [-0.05, 0) is 35.6 Å². The van der Waals surface area contributed by atoms with Gasteiger partial charge in [-0.2, -0.15) is 4.98 Å². The zero-order valence-electron chi connectivity index (χ0n) is 16.1. The highest BCUT2D eigenvalue weighted by molar-refractivity contribution is 5.58. The molecule has 6 heteroatoms. The van der Waals surface area contributed by atoms with E-state index in [9.17, 15) is 0 Å². The molecule has 1 unspecified atom stereocenters. The molecule has 4 rings (SSSR count). The van der Waals surface area contributed by atoms with E-state index in [0.717, 1.165) is 23.4 Å². The SMILES string of the molecule is COc1cc(-c2noc(CN3CC(C)(C)C3c3cccnc3)n2)ccc1C. The van der Waals surface area contributed by atoms with Crippen LogP contribution in [0.2, 0.25) is 0 Å². The molecular formula is C21H24N4O2.